The van der Waals surface area contributed by atoms with Crippen molar-refractivity contribution >= 4 is 41.5 Å². The fourth-order valence-corrected chi connectivity index (χ4v) is 9.92. The number of hydrogen-bond donors (Lipinski definition) is 7. The minimum absolute atomic E-state index is 0.00346. The van der Waals surface area contributed by atoms with Crippen molar-refractivity contribution in [1.29, 1.82) is 0 Å². The zero-order chi connectivity index (χ0) is 37.3. The van der Waals surface area contributed by atoms with Crippen LogP contribution in [0.1, 0.15) is 82.6 Å². The molecule has 14 nitrogen and oxygen atoms in total. The molecular weight excluding hydrogens is 691 g/mol. The number of aliphatic hydroxyl groups is 1. The maximum atomic E-state index is 13.7. The highest BCUT2D eigenvalue weighted by Gasteiger charge is 2.51. The van der Waals surface area contributed by atoms with E-state index in [9.17, 15) is 39.3 Å². The van der Waals surface area contributed by atoms with Gasteiger partial charge in [-0.3, -0.25) is 29.5 Å². The molecule has 4 aliphatic rings. The molecule has 1 aromatic heterocycles. The van der Waals surface area contributed by atoms with Crippen molar-refractivity contribution in [2.24, 2.45) is 17.3 Å². The lowest BCUT2D eigenvalue weighted by Gasteiger charge is -2.40. The number of pyridine rings is 1. The summed E-state index contributed by atoms with van der Waals surface area (Å²) in [5, 5.41) is 38.8. The number of nitrogens with zero attached hydrogens (tertiary/aromatic N) is 1. The molecule has 0 radical (unpaired) electrons. The quantitative estimate of drug-likeness (QED) is 0.0738. The summed E-state index contributed by atoms with van der Waals surface area (Å²) in [6.45, 7) is 0.211. The summed E-state index contributed by atoms with van der Waals surface area (Å²) < 4.78 is 6.29. The Hall–Kier alpha value is -3.79. The van der Waals surface area contributed by atoms with Crippen LogP contribution in [0.4, 0.5) is 0 Å². The van der Waals surface area contributed by atoms with Gasteiger partial charge in [0.2, 0.25) is 18.0 Å². The Kier molecular flexibility index (Phi) is 13.9. The number of nitrogens with one attached hydrogen (secondary N) is 4. The first-order chi connectivity index (χ1) is 25.0. The van der Waals surface area contributed by atoms with Gasteiger partial charge in [-0.1, -0.05) is 43.8 Å². The molecule has 1 spiro atoms. The largest absolute Gasteiger partial charge is 0.480 e. The van der Waals surface area contributed by atoms with Gasteiger partial charge in [0.25, 0.3) is 0 Å². The van der Waals surface area contributed by atoms with Crippen LogP contribution in [-0.2, 0) is 35.1 Å². The molecule has 1 fully saturated rings. The number of hydrogen-bond acceptors (Lipinski definition) is 11. The minimum atomic E-state index is -2.19. The molecule has 2 amide bonds. The second-order valence-corrected chi connectivity index (χ2v) is 15.5. The molecule has 0 aromatic carbocycles. The highest BCUT2D eigenvalue weighted by Crippen LogP contribution is 2.56. The molecular formula is C37H51N5O9S. The van der Waals surface area contributed by atoms with Gasteiger partial charge in [-0.2, -0.15) is 0 Å². The van der Waals surface area contributed by atoms with Gasteiger partial charge in [0.1, 0.15) is 23.8 Å². The molecule has 1 saturated carbocycles. The molecule has 1 aromatic rings. The Morgan fingerprint density at radius 2 is 1.71 bits per heavy atom. The van der Waals surface area contributed by atoms with Crippen molar-refractivity contribution in [3.05, 3.63) is 53.1 Å². The van der Waals surface area contributed by atoms with Gasteiger partial charge in [0, 0.05) is 31.2 Å². The average Bonchev–Trinajstić information content (AvgIpc) is 3.72. The van der Waals surface area contributed by atoms with E-state index in [2.05, 4.69) is 32.3 Å². The Morgan fingerprint density at radius 1 is 1.00 bits per heavy atom. The molecule has 284 valence electrons. The molecule has 6 atom stereocenters. The first-order valence-corrected chi connectivity index (χ1v) is 19.3. The van der Waals surface area contributed by atoms with Crippen molar-refractivity contribution < 1.29 is 44.0 Å². The number of thioether (sulfide) groups is 1. The summed E-state index contributed by atoms with van der Waals surface area (Å²) in [7, 11) is 1.65. The van der Waals surface area contributed by atoms with Crippen molar-refractivity contribution in [2.75, 3.05) is 19.5 Å². The third kappa shape index (κ3) is 9.79. The predicted octanol–water partition coefficient (Wildman–Crippen LogP) is 2.63. The summed E-state index contributed by atoms with van der Waals surface area (Å²) in [6.07, 6.45) is 13.6. The van der Waals surface area contributed by atoms with Crippen LogP contribution in [0.15, 0.2) is 47.5 Å². The average molecular weight is 742 g/mol. The third-order valence-corrected chi connectivity index (χ3v) is 12.4. The number of carboxylic acid groups (broad SMARTS) is 2. The number of aromatic nitrogens is 1. The number of esters is 1. The van der Waals surface area contributed by atoms with E-state index in [1.54, 1.807) is 19.4 Å². The third-order valence-electron chi connectivity index (χ3n) is 10.8. The van der Waals surface area contributed by atoms with Gasteiger partial charge in [-0.15, -0.1) is 11.8 Å². The van der Waals surface area contributed by atoms with Crippen LogP contribution in [0, 0.1) is 17.3 Å². The zero-order valence-corrected chi connectivity index (χ0v) is 30.4. The molecule has 1 aliphatic heterocycles. The minimum Gasteiger partial charge on any atom is -0.480 e. The van der Waals surface area contributed by atoms with Gasteiger partial charge < -0.3 is 36.0 Å². The monoisotopic (exact) mass is 741 g/mol. The number of ether oxygens (including phenoxy) is 1. The molecule has 5 rings (SSSR count). The Bertz CT molecular complexity index is 1530. The lowest BCUT2D eigenvalue weighted by Crippen LogP contribution is -2.53. The molecule has 7 N–H and O–H groups in total. The number of carbonyl (C=O) groups excluding carboxylic acids is 3. The Labute approximate surface area is 308 Å². The van der Waals surface area contributed by atoms with E-state index in [-0.39, 0.29) is 47.8 Å². The standard InChI is InChI=1S/C37H51N5O9S/c1-38-21-40-26(34(46)47)8-9-28(43)41-27(32(44)42-33(45)35(48)49)20-52-31-30-29-24(7-3-2-4-12-37(31)13-5-6-14-37)18-23(19-25(29)36(50)51-30)17-22-10-15-39-16-11-22/h10-11,15-16,19,24-27,31,33,38,40,45H,2-9,12-14,17-18,20-21H2,1H3,(H,41,43)(H,42,44)(H,46,47)(H,48,49)/t24-,25+,26-,27-,31-,33-/m0/s1. The summed E-state index contributed by atoms with van der Waals surface area (Å²) in [6, 6.07) is 1.70. The second kappa shape index (κ2) is 18.3. The maximum absolute atomic E-state index is 13.7. The van der Waals surface area contributed by atoms with Crippen LogP contribution in [-0.4, -0.2) is 93.1 Å². The van der Waals surface area contributed by atoms with Crippen LogP contribution in [0.5, 0.6) is 0 Å². The molecule has 15 heteroatoms. The first-order valence-electron chi connectivity index (χ1n) is 18.3. The van der Waals surface area contributed by atoms with E-state index in [0.29, 0.717) is 5.76 Å². The van der Waals surface area contributed by atoms with Crippen molar-refractivity contribution in [3.63, 3.8) is 0 Å². The normalized spacial score (nSPS) is 24.2. The summed E-state index contributed by atoms with van der Waals surface area (Å²) >= 11 is 1.42. The molecule has 0 saturated heterocycles. The smallest absolute Gasteiger partial charge is 0.353 e. The van der Waals surface area contributed by atoms with Gasteiger partial charge >= 0.3 is 17.9 Å². The van der Waals surface area contributed by atoms with Crippen LogP contribution in [0.2, 0.25) is 0 Å². The summed E-state index contributed by atoms with van der Waals surface area (Å²) in [5.74, 6) is -4.27. The van der Waals surface area contributed by atoms with Gasteiger partial charge in [-0.05, 0) is 86.6 Å². The molecule has 2 heterocycles. The number of amides is 2. The van der Waals surface area contributed by atoms with Gasteiger partial charge in [-0.25, -0.2) is 4.79 Å². The van der Waals surface area contributed by atoms with Crippen LogP contribution in [0.25, 0.3) is 0 Å². The zero-order valence-electron chi connectivity index (χ0n) is 29.6. The molecule has 0 unspecified atom stereocenters. The SMILES string of the molecule is CNCN[C@@H](CCC(=O)N[C@@H](CS[C@H]1C2=C3[C@@H](CCCCCC14CCCC4)CC(Cc1ccncc1)=C[C@H]3C(=O)O2)C(=O)N[C@@H](O)C(=O)O)C(=O)O. The Balaban J connectivity index is 1.43. The lowest BCUT2D eigenvalue weighted by molar-refractivity contribution is -0.151. The van der Waals surface area contributed by atoms with E-state index in [1.807, 2.05) is 12.1 Å². The number of allylic oxidation sites excluding steroid dienone is 1. The van der Waals surface area contributed by atoms with Crippen molar-refractivity contribution in [3.8, 4) is 0 Å². The van der Waals surface area contributed by atoms with E-state index in [0.717, 1.165) is 81.8 Å². The van der Waals surface area contributed by atoms with E-state index < -0.39 is 48.0 Å². The molecule has 0 bridgehead atoms. The fourth-order valence-electron chi connectivity index (χ4n) is 8.26. The number of carboxylic acids is 2. The molecule has 52 heavy (non-hydrogen) atoms. The van der Waals surface area contributed by atoms with E-state index in [4.69, 9.17) is 4.74 Å². The van der Waals surface area contributed by atoms with E-state index >= 15 is 0 Å². The van der Waals surface area contributed by atoms with Crippen molar-refractivity contribution in [1.82, 2.24) is 26.3 Å². The number of aliphatic carboxylic acids is 2. The summed E-state index contributed by atoms with van der Waals surface area (Å²) in [5.41, 5.74) is 3.15. The van der Waals surface area contributed by atoms with Gasteiger partial charge in [0.05, 0.1) is 5.25 Å². The summed E-state index contributed by atoms with van der Waals surface area (Å²) in [4.78, 5) is 67.6. The predicted molar refractivity (Wildman–Crippen MR) is 192 cm³/mol. The van der Waals surface area contributed by atoms with Crippen LogP contribution < -0.4 is 21.3 Å². The number of rotatable bonds is 16. The molecule has 3 aliphatic carbocycles. The van der Waals surface area contributed by atoms with E-state index in [1.165, 1.54) is 17.3 Å². The topological polar surface area (TPSA) is 216 Å². The Morgan fingerprint density at radius 3 is 2.38 bits per heavy atom. The first kappa shape index (κ1) is 39.4. The lowest BCUT2D eigenvalue weighted by atomic mass is 9.70. The number of carbonyl (C=O) groups is 5. The van der Waals surface area contributed by atoms with Gasteiger partial charge in [0.15, 0.2) is 0 Å². The highest BCUT2D eigenvalue weighted by molar-refractivity contribution is 8.00. The fraction of sp³-hybridized carbons (Fsp3) is 0.622. The number of aliphatic hydroxyl groups excluding tert-OH is 1. The highest BCUT2D eigenvalue weighted by atomic mass is 32.2. The second-order valence-electron chi connectivity index (χ2n) is 14.4. The van der Waals surface area contributed by atoms with Crippen LogP contribution in [0.3, 0.4) is 0 Å². The maximum Gasteiger partial charge on any atom is 0.353 e. The van der Waals surface area contributed by atoms with Crippen LogP contribution >= 0.6 is 11.8 Å². The van der Waals surface area contributed by atoms with Crippen molar-refractivity contribution in [2.45, 2.75) is 107 Å².